The third-order valence-corrected chi connectivity index (χ3v) is 4.86. The second kappa shape index (κ2) is 7.65. The van der Waals surface area contributed by atoms with E-state index in [1.165, 1.54) is 21.9 Å². The Balaban J connectivity index is 3.88. The Kier molecular flexibility index (Phi) is 7.81. The van der Waals surface area contributed by atoms with Crippen LogP contribution in [-0.2, 0) is 9.83 Å². The van der Waals surface area contributed by atoms with Gasteiger partial charge in [-0.1, -0.05) is 28.0 Å². The fourth-order valence-corrected chi connectivity index (χ4v) is 3.11. The minimum atomic E-state index is -0.838. The van der Waals surface area contributed by atoms with Crippen molar-refractivity contribution < 1.29 is 4.21 Å². The van der Waals surface area contributed by atoms with Gasteiger partial charge in [0.25, 0.3) is 0 Å². The van der Waals surface area contributed by atoms with E-state index < -0.39 is 9.83 Å². The fraction of sp³-hybridized carbons (Fsp3) is 0.556. The summed E-state index contributed by atoms with van der Waals surface area (Å²) in [5, 5.41) is 0. The van der Waals surface area contributed by atoms with E-state index >= 15 is 0 Å². The van der Waals surface area contributed by atoms with E-state index in [-0.39, 0.29) is 0 Å². The Morgan fingerprint density at radius 3 is 2.62 bits per heavy atom. The number of hydrogen-bond acceptors (Lipinski definition) is 2. The molecule has 0 rings (SSSR count). The first-order valence-corrected chi connectivity index (χ1v) is 7.31. The highest BCUT2D eigenvalue weighted by atomic mass is 35.5. The molecule has 76 valence electrons. The number of alkyl halides is 1. The number of hydrogen-bond donors (Lipinski definition) is 0. The molecule has 0 N–H and O–H groups in total. The lowest BCUT2D eigenvalue weighted by Crippen LogP contribution is -1.93. The molecule has 0 heterocycles. The number of allylic oxidation sites excluding steroid dienone is 1. The topological polar surface area (TPSA) is 17.1 Å². The van der Waals surface area contributed by atoms with Crippen LogP contribution in [-0.4, -0.2) is 21.6 Å². The number of halogens is 1. The molecule has 0 amide bonds. The smallest absolute Gasteiger partial charge is 0.0845 e. The Labute approximate surface area is 91.5 Å². The van der Waals surface area contributed by atoms with Crippen LogP contribution in [0.4, 0.5) is 0 Å². The predicted octanol–water partition coefficient (Wildman–Crippen LogP) is 3.14. The van der Waals surface area contributed by atoms with Crippen LogP contribution in [0.15, 0.2) is 23.8 Å². The summed E-state index contributed by atoms with van der Waals surface area (Å²) >= 11 is 5.66. The van der Waals surface area contributed by atoms with E-state index in [0.29, 0.717) is 11.6 Å². The molecule has 0 saturated carbocycles. The van der Waals surface area contributed by atoms with Crippen molar-refractivity contribution in [1.29, 1.82) is 0 Å². The van der Waals surface area contributed by atoms with Crippen LogP contribution in [0.3, 0.4) is 0 Å². The van der Waals surface area contributed by atoms with Crippen LogP contribution in [0.1, 0.15) is 13.8 Å². The van der Waals surface area contributed by atoms with E-state index in [9.17, 15) is 4.21 Å². The van der Waals surface area contributed by atoms with Gasteiger partial charge in [0.05, 0.1) is 15.6 Å². The molecule has 0 radical (unpaired) electrons. The summed E-state index contributed by atoms with van der Waals surface area (Å²) in [6, 6.07) is 0. The molecule has 0 fully saturated rings. The van der Waals surface area contributed by atoms with Gasteiger partial charge in [0, 0.05) is 11.6 Å². The molecule has 0 saturated heterocycles. The van der Waals surface area contributed by atoms with Gasteiger partial charge in [-0.05, 0) is 13.8 Å². The van der Waals surface area contributed by atoms with Crippen molar-refractivity contribution >= 4 is 32.2 Å². The summed E-state index contributed by atoms with van der Waals surface area (Å²) in [6.45, 7) is 7.56. The van der Waals surface area contributed by atoms with Crippen LogP contribution in [0, 0.1) is 0 Å². The van der Waals surface area contributed by atoms with E-state index in [4.69, 9.17) is 11.6 Å². The maximum Gasteiger partial charge on any atom is 0.0845 e. The third-order valence-electron chi connectivity index (χ3n) is 1.59. The first kappa shape index (κ1) is 13.3. The molecular weight excluding hydrogens is 224 g/mol. The molecule has 0 aliphatic heterocycles. The van der Waals surface area contributed by atoms with Crippen molar-refractivity contribution in [2.24, 2.45) is 0 Å². The molecule has 1 nitrogen and oxygen atoms in total. The van der Waals surface area contributed by atoms with Crippen molar-refractivity contribution in [1.82, 2.24) is 0 Å². The van der Waals surface area contributed by atoms with Crippen molar-refractivity contribution in [3.05, 3.63) is 23.8 Å². The van der Waals surface area contributed by atoms with Crippen LogP contribution < -0.4 is 0 Å². The predicted molar refractivity (Wildman–Crippen MR) is 64.8 cm³/mol. The molecule has 0 aromatic carbocycles. The normalized spacial score (nSPS) is 15.0. The number of rotatable bonds is 6. The van der Waals surface area contributed by atoms with Gasteiger partial charge in [-0.15, -0.1) is 18.2 Å². The quantitative estimate of drug-likeness (QED) is 0.402. The molecule has 13 heavy (non-hydrogen) atoms. The lowest BCUT2D eigenvalue weighted by atomic mass is 10.2. The van der Waals surface area contributed by atoms with Crippen molar-refractivity contribution in [3.8, 4) is 0 Å². The molecule has 0 aliphatic rings. The molecule has 0 aromatic heterocycles. The highest BCUT2D eigenvalue weighted by molar-refractivity contribution is 8.69. The van der Waals surface area contributed by atoms with Gasteiger partial charge in [0.1, 0.15) is 0 Å². The zero-order valence-corrected chi connectivity index (χ0v) is 10.4. The monoisotopic (exact) mass is 238 g/mol. The van der Waals surface area contributed by atoms with Crippen LogP contribution in [0.2, 0.25) is 0 Å². The summed E-state index contributed by atoms with van der Waals surface area (Å²) in [5.74, 6) is 1.90. The van der Waals surface area contributed by atoms with Crippen LogP contribution >= 0.6 is 22.4 Å². The van der Waals surface area contributed by atoms with Gasteiger partial charge in [-0.25, -0.2) is 4.21 Å². The molecule has 1 atom stereocenters. The first-order chi connectivity index (χ1) is 6.11. The maximum atomic E-state index is 11.2. The highest BCUT2D eigenvalue weighted by Crippen LogP contribution is 2.16. The lowest BCUT2D eigenvalue weighted by molar-refractivity contribution is 0.693. The summed E-state index contributed by atoms with van der Waals surface area (Å²) in [7, 11) is 0.599. The molecule has 0 bridgehead atoms. The Hall–Kier alpha value is 0.270. The molecule has 4 heteroatoms. The SMILES string of the molecule is C=CCS(=O)SC/C(C)=C(\C)CCl. The fourth-order valence-electron chi connectivity index (χ4n) is 0.536. The summed E-state index contributed by atoms with van der Waals surface area (Å²) in [4.78, 5) is 0. The van der Waals surface area contributed by atoms with Gasteiger partial charge in [-0.2, -0.15) is 0 Å². The second-order valence-electron chi connectivity index (χ2n) is 2.72. The van der Waals surface area contributed by atoms with E-state index in [2.05, 4.69) is 6.58 Å². The van der Waals surface area contributed by atoms with Gasteiger partial charge in [0.2, 0.25) is 0 Å². The van der Waals surface area contributed by atoms with Crippen molar-refractivity contribution in [2.75, 3.05) is 17.4 Å². The lowest BCUT2D eigenvalue weighted by Gasteiger charge is -2.03. The summed E-state index contributed by atoms with van der Waals surface area (Å²) in [5.41, 5.74) is 2.39. The maximum absolute atomic E-state index is 11.2. The summed E-state index contributed by atoms with van der Waals surface area (Å²) in [6.07, 6.45) is 1.68. The average molecular weight is 239 g/mol. The minimum Gasteiger partial charge on any atom is -0.248 e. The molecule has 0 aromatic rings. The Bertz CT molecular complexity index is 224. The molecular formula is C9H15ClOS2. The zero-order valence-electron chi connectivity index (χ0n) is 8.01. The van der Waals surface area contributed by atoms with Crippen molar-refractivity contribution in [3.63, 3.8) is 0 Å². The second-order valence-corrected chi connectivity index (χ2v) is 6.27. The molecule has 1 unspecified atom stereocenters. The molecule has 0 aliphatic carbocycles. The van der Waals surface area contributed by atoms with Crippen LogP contribution in [0.5, 0.6) is 0 Å². The van der Waals surface area contributed by atoms with Gasteiger partial charge < -0.3 is 0 Å². The van der Waals surface area contributed by atoms with E-state index in [1.807, 2.05) is 13.8 Å². The van der Waals surface area contributed by atoms with Gasteiger partial charge in [-0.3, -0.25) is 0 Å². The first-order valence-electron chi connectivity index (χ1n) is 3.95. The Morgan fingerprint density at radius 1 is 1.54 bits per heavy atom. The zero-order chi connectivity index (χ0) is 10.3. The van der Waals surface area contributed by atoms with Crippen LogP contribution in [0.25, 0.3) is 0 Å². The van der Waals surface area contributed by atoms with Gasteiger partial charge in [0.15, 0.2) is 0 Å². The highest BCUT2D eigenvalue weighted by Gasteiger charge is 2.00. The average Bonchev–Trinajstić information content (AvgIpc) is 2.13. The minimum absolute atomic E-state index is 0.553. The van der Waals surface area contributed by atoms with E-state index in [0.717, 1.165) is 5.75 Å². The standard InChI is InChI=1S/C9H15ClOS2/c1-4-5-13(11)12-7-9(3)8(2)6-10/h4H,1,5-7H2,2-3H3/b9-8+. The third kappa shape index (κ3) is 6.36. The Morgan fingerprint density at radius 2 is 2.15 bits per heavy atom. The van der Waals surface area contributed by atoms with E-state index in [1.54, 1.807) is 6.08 Å². The van der Waals surface area contributed by atoms with Crippen molar-refractivity contribution in [2.45, 2.75) is 13.8 Å². The summed E-state index contributed by atoms with van der Waals surface area (Å²) < 4.78 is 11.2. The largest absolute Gasteiger partial charge is 0.248 e. The van der Waals surface area contributed by atoms with Gasteiger partial charge >= 0.3 is 0 Å². The molecule has 0 spiro atoms.